The summed E-state index contributed by atoms with van der Waals surface area (Å²) in [4.78, 5) is 2.33. The second-order valence-electron chi connectivity index (χ2n) is 6.86. The van der Waals surface area contributed by atoms with E-state index in [1.54, 1.807) is 7.11 Å². The Hall–Kier alpha value is -0.120. The first kappa shape index (κ1) is 15.9. The maximum Gasteiger partial charge on any atom is 0.0589 e. The Morgan fingerprint density at radius 2 is 2.00 bits per heavy atom. The van der Waals surface area contributed by atoms with Crippen molar-refractivity contribution in [1.82, 2.24) is 10.2 Å². The molecule has 1 saturated carbocycles. The summed E-state index contributed by atoms with van der Waals surface area (Å²) in [5.41, 5.74) is 0.511. The molecule has 108 valence electrons. The number of nitrogens with zero attached hydrogens (tertiary/aromatic N) is 1. The van der Waals surface area contributed by atoms with Gasteiger partial charge >= 0.3 is 0 Å². The molecule has 0 saturated heterocycles. The Bertz CT molecular complexity index is 231. The fourth-order valence-corrected chi connectivity index (χ4v) is 3.32. The van der Waals surface area contributed by atoms with Crippen molar-refractivity contribution in [2.24, 2.45) is 11.3 Å². The van der Waals surface area contributed by atoms with Crippen LogP contribution in [0.15, 0.2) is 0 Å². The number of nitrogens with one attached hydrogen (secondary N) is 1. The lowest BCUT2D eigenvalue weighted by Gasteiger charge is -2.39. The minimum atomic E-state index is 0.511. The third kappa shape index (κ3) is 6.17. The molecule has 0 amide bonds. The maximum atomic E-state index is 5.09. The van der Waals surface area contributed by atoms with Gasteiger partial charge in [-0.15, -0.1) is 0 Å². The van der Waals surface area contributed by atoms with Crippen LogP contribution in [0, 0.1) is 11.3 Å². The summed E-state index contributed by atoms with van der Waals surface area (Å²) in [6.07, 6.45) is 4.03. The summed E-state index contributed by atoms with van der Waals surface area (Å²) in [5.74, 6) is 0.859. The topological polar surface area (TPSA) is 24.5 Å². The molecule has 3 heteroatoms. The zero-order chi connectivity index (χ0) is 13.6. The summed E-state index contributed by atoms with van der Waals surface area (Å²) in [5, 5.41) is 3.73. The van der Waals surface area contributed by atoms with E-state index in [1.807, 2.05) is 0 Å². The molecule has 1 fully saturated rings. The van der Waals surface area contributed by atoms with Crippen LogP contribution in [0.3, 0.4) is 0 Å². The highest BCUT2D eigenvalue weighted by atomic mass is 16.5. The third-order valence-corrected chi connectivity index (χ3v) is 3.99. The van der Waals surface area contributed by atoms with Gasteiger partial charge in [-0.1, -0.05) is 20.8 Å². The molecule has 2 atom stereocenters. The van der Waals surface area contributed by atoms with Crippen molar-refractivity contribution < 1.29 is 4.74 Å². The quantitative estimate of drug-likeness (QED) is 0.757. The van der Waals surface area contributed by atoms with Crippen LogP contribution < -0.4 is 5.32 Å². The molecule has 0 heterocycles. The molecular weight excluding hydrogens is 224 g/mol. The minimum Gasteiger partial charge on any atom is -0.383 e. The van der Waals surface area contributed by atoms with Crippen LogP contribution in [0.2, 0.25) is 0 Å². The van der Waals surface area contributed by atoms with Crippen LogP contribution in [0.4, 0.5) is 0 Å². The van der Waals surface area contributed by atoms with Crippen molar-refractivity contribution >= 4 is 0 Å². The smallest absolute Gasteiger partial charge is 0.0589 e. The molecule has 0 aromatic carbocycles. The van der Waals surface area contributed by atoms with E-state index >= 15 is 0 Å². The van der Waals surface area contributed by atoms with Crippen molar-refractivity contribution in [3.05, 3.63) is 0 Å². The Balaban J connectivity index is 2.18. The number of rotatable bonds is 7. The van der Waals surface area contributed by atoms with E-state index in [-0.39, 0.29) is 0 Å². The summed E-state index contributed by atoms with van der Waals surface area (Å²) in [6.45, 7) is 11.2. The van der Waals surface area contributed by atoms with E-state index in [9.17, 15) is 0 Å². The van der Waals surface area contributed by atoms with E-state index in [0.29, 0.717) is 11.5 Å². The maximum absolute atomic E-state index is 5.09. The van der Waals surface area contributed by atoms with Gasteiger partial charge in [-0.25, -0.2) is 0 Å². The Kier molecular flexibility index (Phi) is 6.61. The van der Waals surface area contributed by atoms with Gasteiger partial charge < -0.3 is 15.0 Å². The highest BCUT2D eigenvalue weighted by Crippen LogP contribution is 2.38. The van der Waals surface area contributed by atoms with Crippen molar-refractivity contribution in [3.63, 3.8) is 0 Å². The second kappa shape index (κ2) is 7.46. The van der Waals surface area contributed by atoms with Crippen molar-refractivity contribution in [2.75, 3.05) is 40.4 Å². The molecule has 1 aliphatic rings. The van der Waals surface area contributed by atoms with Gasteiger partial charge in [0.15, 0.2) is 0 Å². The fourth-order valence-electron chi connectivity index (χ4n) is 3.32. The van der Waals surface area contributed by atoms with Crippen LogP contribution in [0.25, 0.3) is 0 Å². The molecule has 1 rings (SSSR count). The zero-order valence-corrected chi connectivity index (χ0v) is 13.0. The molecule has 0 aliphatic heterocycles. The highest BCUT2D eigenvalue weighted by molar-refractivity contribution is 4.86. The Morgan fingerprint density at radius 3 is 2.61 bits per heavy atom. The van der Waals surface area contributed by atoms with Gasteiger partial charge in [0.1, 0.15) is 0 Å². The summed E-state index contributed by atoms with van der Waals surface area (Å²) in [7, 11) is 3.92. The Labute approximate surface area is 113 Å². The number of ether oxygens (including phenoxy) is 1. The molecule has 18 heavy (non-hydrogen) atoms. The van der Waals surface area contributed by atoms with Crippen molar-refractivity contribution in [3.8, 4) is 0 Å². The third-order valence-electron chi connectivity index (χ3n) is 3.99. The lowest BCUT2D eigenvalue weighted by molar-refractivity contribution is 0.143. The van der Waals surface area contributed by atoms with Crippen molar-refractivity contribution in [2.45, 2.75) is 46.1 Å². The lowest BCUT2D eigenvalue weighted by atomic mass is 9.70. The molecule has 1 aliphatic carbocycles. The van der Waals surface area contributed by atoms with Crippen LogP contribution in [-0.2, 0) is 4.74 Å². The molecule has 0 bridgehead atoms. The van der Waals surface area contributed by atoms with Gasteiger partial charge in [0.25, 0.3) is 0 Å². The molecule has 0 aromatic heterocycles. The van der Waals surface area contributed by atoms with E-state index in [0.717, 1.165) is 32.2 Å². The molecule has 1 N–H and O–H groups in total. The van der Waals surface area contributed by atoms with Gasteiger partial charge in [0.05, 0.1) is 6.61 Å². The highest BCUT2D eigenvalue weighted by Gasteiger charge is 2.31. The number of hydrogen-bond donors (Lipinski definition) is 1. The molecule has 3 nitrogen and oxygen atoms in total. The molecule has 0 aromatic rings. The summed E-state index contributed by atoms with van der Waals surface area (Å²) >= 11 is 0. The van der Waals surface area contributed by atoms with Crippen LogP contribution in [-0.4, -0.2) is 51.3 Å². The predicted octanol–water partition coefficient (Wildman–Crippen LogP) is 2.37. The van der Waals surface area contributed by atoms with Crippen LogP contribution in [0.5, 0.6) is 0 Å². The van der Waals surface area contributed by atoms with Gasteiger partial charge in [0, 0.05) is 32.8 Å². The number of hydrogen-bond acceptors (Lipinski definition) is 3. The van der Waals surface area contributed by atoms with Gasteiger partial charge in [-0.2, -0.15) is 0 Å². The Morgan fingerprint density at radius 1 is 1.28 bits per heavy atom. The summed E-state index contributed by atoms with van der Waals surface area (Å²) in [6, 6.07) is 0.708. The molecule has 0 spiro atoms. The number of methoxy groups -OCH3 is 1. The predicted molar refractivity (Wildman–Crippen MR) is 78.0 cm³/mol. The average Bonchev–Trinajstić information content (AvgIpc) is 2.23. The normalized spacial score (nSPS) is 27.7. The lowest BCUT2D eigenvalue weighted by Crippen LogP contribution is -2.43. The largest absolute Gasteiger partial charge is 0.383 e. The monoisotopic (exact) mass is 256 g/mol. The second-order valence-corrected chi connectivity index (χ2v) is 6.86. The van der Waals surface area contributed by atoms with Crippen molar-refractivity contribution in [1.29, 1.82) is 0 Å². The first-order chi connectivity index (χ1) is 8.43. The first-order valence-electron chi connectivity index (χ1n) is 7.34. The van der Waals surface area contributed by atoms with Crippen LogP contribution in [0.1, 0.15) is 40.0 Å². The first-order valence-corrected chi connectivity index (χ1v) is 7.34. The molecular formula is C15H32N2O. The number of likely N-dealkylation sites (N-methyl/N-ethyl adjacent to an activating group) is 1. The average molecular weight is 256 g/mol. The van der Waals surface area contributed by atoms with Gasteiger partial charge in [0.2, 0.25) is 0 Å². The zero-order valence-electron chi connectivity index (χ0n) is 13.0. The van der Waals surface area contributed by atoms with Gasteiger partial charge in [-0.05, 0) is 37.6 Å². The van der Waals surface area contributed by atoms with E-state index in [1.165, 1.54) is 19.3 Å². The van der Waals surface area contributed by atoms with E-state index in [4.69, 9.17) is 4.74 Å². The molecule has 0 radical (unpaired) electrons. The van der Waals surface area contributed by atoms with Gasteiger partial charge in [-0.3, -0.25) is 0 Å². The summed E-state index contributed by atoms with van der Waals surface area (Å²) < 4.78 is 5.09. The minimum absolute atomic E-state index is 0.511. The van der Waals surface area contributed by atoms with Crippen LogP contribution >= 0.6 is 0 Å². The van der Waals surface area contributed by atoms with E-state index < -0.39 is 0 Å². The SMILES string of the molecule is COCCN(C)CCNC1CC(C)CC(C)(C)C1. The van der Waals surface area contributed by atoms with E-state index in [2.05, 4.69) is 38.0 Å². The standard InChI is InChI=1S/C15H32N2O/c1-13-10-14(12-15(2,3)11-13)16-6-7-17(4)8-9-18-5/h13-14,16H,6-12H2,1-5H3. The molecule has 2 unspecified atom stereocenters. The fraction of sp³-hybridized carbons (Fsp3) is 1.00.